The number of aromatic nitrogens is 2. The predicted octanol–water partition coefficient (Wildman–Crippen LogP) is 2.69. The van der Waals surface area contributed by atoms with E-state index in [-0.39, 0.29) is 23.7 Å². The Labute approximate surface area is 195 Å². The minimum atomic E-state index is -0.268. The van der Waals surface area contributed by atoms with Crippen LogP contribution in [0.5, 0.6) is 5.75 Å². The topological polar surface area (TPSA) is 77.9 Å². The van der Waals surface area contributed by atoms with E-state index >= 15 is 0 Å². The second-order valence-electron chi connectivity index (χ2n) is 9.45. The van der Waals surface area contributed by atoms with E-state index in [2.05, 4.69) is 21.5 Å². The average Bonchev–Trinajstić information content (AvgIpc) is 3.61. The summed E-state index contributed by atoms with van der Waals surface area (Å²) in [6.07, 6.45) is 9.82. The molecule has 1 aromatic carbocycles. The van der Waals surface area contributed by atoms with Crippen LogP contribution in [0.1, 0.15) is 44.1 Å². The van der Waals surface area contributed by atoms with Gasteiger partial charge in [-0.25, -0.2) is 4.68 Å². The van der Waals surface area contributed by atoms with Gasteiger partial charge >= 0.3 is 0 Å². The maximum atomic E-state index is 12.2. The first kappa shape index (κ1) is 22.4. The van der Waals surface area contributed by atoms with Gasteiger partial charge < -0.3 is 19.5 Å². The van der Waals surface area contributed by atoms with Gasteiger partial charge in [0, 0.05) is 44.5 Å². The first-order chi connectivity index (χ1) is 16.1. The Morgan fingerprint density at radius 3 is 2.88 bits per heavy atom. The van der Waals surface area contributed by atoms with Crippen LogP contribution in [0.25, 0.3) is 5.69 Å². The molecule has 2 aromatic rings. The van der Waals surface area contributed by atoms with Gasteiger partial charge in [0.15, 0.2) is 0 Å². The monoisotopic (exact) mass is 454 g/mol. The number of hydrogen-bond donors (Lipinski definition) is 1. The highest BCUT2D eigenvalue weighted by molar-refractivity contribution is 5.80. The lowest BCUT2D eigenvalue weighted by molar-refractivity contribution is -0.131. The van der Waals surface area contributed by atoms with Gasteiger partial charge in [-0.15, -0.1) is 0 Å². The molecule has 1 spiro atoms. The molecule has 1 amide bonds. The van der Waals surface area contributed by atoms with Crippen molar-refractivity contribution < 1.29 is 19.0 Å². The molecule has 5 rings (SSSR count). The van der Waals surface area contributed by atoms with Gasteiger partial charge in [-0.2, -0.15) is 5.10 Å². The minimum Gasteiger partial charge on any atom is -0.494 e. The van der Waals surface area contributed by atoms with Crippen molar-refractivity contribution in [3.63, 3.8) is 0 Å². The number of likely N-dealkylation sites (tertiary alicyclic amines) is 1. The third kappa shape index (κ3) is 5.08. The zero-order valence-electron chi connectivity index (χ0n) is 19.4. The molecule has 178 valence electrons. The number of rotatable bonds is 7. The summed E-state index contributed by atoms with van der Waals surface area (Å²) in [5.41, 5.74) is 2.11. The molecule has 0 aliphatic carbocycles. The number of nitrogens with zero attached hydrogens (tertiary/aromatic N) is 3. The van der Waals surface area contributed by atoms with Crippen molar-refractivity contribution in [1.82, 2.24) is 20.0 Å². The van der Waals surface area contributed by atoms with Crippen molar-refractivity contribution in [1.29, 1.82) is 0 Å². The first-order valence-corrected chi connectivity index (χ1v) is 12.1. The van der Waals surface area contributed by atoms with Crippen LogP contribution in [-0.2, 0) is 20.8 Å². The third-order valence-corrected chi connectivity index (χ3v) is 7.21. The molecule has 3 fully saturated rings. The van der Waals surface area contributed by atoms with Crippen molar-refractivity contribution in [2.75, 3.05) is 33.4 Å². The summed E-state index contributed by atoms with van der Waals surface area (Å²) in [6.45, 7) is 4.18. The van der Waals surface area contributed by atoms with E-state index in [1.165, 1.54) is 5.56 Å². The van der Waals surface area contributed by atoms with Crippen LogP contribution in [0.15, 0.2) is 36.7 Å². The largest absolute Gasteiger partial charge is 0.494 e. The van der Waals surface area contributed by atoms with E-state index in [1.54, 1.807) is 7.11 Å². The van der Waals surface area contributed by atoms with E-state index in [1.807, 2.05) is 35.1 Å². The predicted molar refractivity (Wildman–Crippen MR) is 123 cm³/mol. The van der Waals surface area contributed by atoms with Crippen molar-refractivity contribution in [2.24, 2.45) is 0 Å². The fourth-order valence-electron chi connectivity index (χ4n) is 5.29. The van der Waals surface area contributed by atoms with E-state index in [0.29, 0.717) is 13.2 Å². The molecule has 1 N–H and O–H groups in total. The fourth-order valence-corrected chi connectivity index (χ4v) is 5.29. The van der Waals surface area contributed by atoms with Crippen molar-refractivity contribution in [2.45, 2.75) is 62.9 Å². The van der Waals surface area contributed by atoms with Crippen LogP contribution in [-0.4, -0.2) is 71.7 Å². The zero-order valence-corrected chi connectivity index (χ0v) is 19.4. The Morgan fingerprint density at radius 2 is 2.09 bits per heavy atom. The summed E-state index contributed by atoms with van der Waals surface area (Å²) < 4.78 is 19.3. The second kappa shape index (κ2) is 9.83. The number of piperidine rings is 1. The molecule has 3 aliphatic rings. The van der Waals surface area contributed by atoms with Crippen LogP contribution >= 0.6 is 0 Å². The lowest BCUT2D eigenvalue weighted by Gasteiger charge is -2.39. The van der Waals surface area contributed by atoms with E-state index in [9.17, 15) is 4.79 Å². The quantitative estimate of drug-likeness (QED) is 0.693. The Balaban J connectivity index is 1.09. The summed E-state index contributed by atoms with van der Waals surface area (Å²) in [6, 6.07) is 7.91. The van der Waals surface area contributed by atoms with Gasteiger partial charge in [0.1, 0.15) is 17.5 Å². The van der Waals surface area contributed by atoms with E-state index < -0.39 is 0 Å². The van der Waals surface area contributed by atoms with Crippen LogP contribution in [0.4, 0.5) is 0 Å². The highest BCUT2D eigenvalue weighted by Crippen LogP contribution is 2.39. The second-order valence-corrected chi connectivity index (χ2v) is 9.45. The number of carbonyl (C=O) groups excluding carboxylic acids is 1. The summed E-state index contributed by atoms with van der Waals surface area (Å²) >= 11 is 0. The number of amides is 1. The number of methoxy groups -OCH3 is 1. The summed E-state index contributed by atoms with van der Waals surface area (Å²) in [7, 11) is 1.68. The Hall–Kier alpha value is -2.42. The average molecular weight is 455 g/mol. The molecule has 3 aliphatic heterocycles. The van der Waals surface area contributed by atoms with Crippen LogP contribution in [0.2, 0.25) is 0 Å². The Morgan fingerprint density at radius 1 is 1.24 bits per heavy atom. The maximum absolute atomic E-state index is 12.2. The Bertz CT molecular complexity index is 947. The molecule has 0 radical (unpaired) electrons. The molecule has 0 unspecified atom stereocenters. The van der Waals surface area contributed by atoms with Gasteiger partial charge in [0.25, 0.3) is 0 Å². The molecule has 0 bridgehead atoms. The zero-order chi connectivity index (χ0) is 22.7. The molecule has 8 heteroatoms. The number of para-hydroxylation sites is 2. The SMILES string of the molecule is COc1ccccc1-n1cc(CN2CCC3(CC[C@@H](CNC(=O)[C@@H]4CCCO4)O3)CC2)cn1. The summed E-state index contributed by atoms with van der Waals surface area (Å²) in [5, 5.41) is 7.58. The van der Waals surface area contributed by atoms with Crippen LogP contribution in [0.3, 0.4) is 0 Å². The molecular formula is C25H34N4O4. The van der Waals surface area contributed by atoms with Crippen LogP contribution in [0, 0.1) is 0 Å². The van der Waals surface area contributed by atoms with Gasteiger partial charge in [0.05, 0.1) is 25.0 Å². The summed E-state index contributed by atoms with van der Waals surface area (Å²) in [5.74, 6) is 0.826. The van der Waals surface area contributed by atoms with E-state index in [0.717, 1.165) is 69.6 Å². The first-order valence-electron chi connectivity index (χ1n) is 12.1. The highest BCUT2D eigenvalue weighted by Gasteiger charge is 2.42. The number of nitrogens with one attached hydrogen (secondary N) is 1. The molecule has 8 nitrogen and oxygen atoms in total. The van der Waals surface area contributed by atoms with Gasteiger partial charge in [-0.1, -0.05) is 12.1 Å². The molecule has 3 saturated heterocycles. The molecule has 0 saturated carbocycles. The minimum absolute atomic E-state index is 0.0144. The van der Waals surface area contributed by atoms with Gasteiger partial charge in [0.2, 0.25) is 5.91 Å². The normalized spacial score (nSPS) is 24.9. The maximum Gasteiger partial charge on any atom is 0.249 e. The highest BCUT2D eigenvalue weighted by atomic mass is 16.5. The number of hydrogen-bond acceptors (Lipinski definition) is 6. The van der Waals surface area contributed by atoms with Crippen LogP contribution < -0.4 is 10.1 Å². The third-order valence-electron chi connectivity index (χ3n) is 7.21. The van der Waals surface area contributed by atoms with Crippen molar-refractivity contribution in [3.8, 4) is 11.4 Å². The van der Waals surface area contributed by atoms with E-state index in [4.69, 9.17) is 14.2 Å². The standard InChI is InChI=1S/C25H34N4O4/c1-31-22-6-3-2-5-21(22)29-18-19(15-27-29)17-28-12-10-25(11-13-28)9-8-20(33-25)16-26-24(30)23-7-4-14-32-23/h2-3,5-6,15,18,20,23H,4,7-14,16-17H2,1H3,(H,26,30)/t20-,23-/m0/s1. The molecule has 1 aromatic heterocycles. The van der Waals surface area contributed by atoms with Gasteiger partial charge in [-0.05, 0) is 50.7 Å². The molecule has 33 heavy (non-hydrogen) atoms. The number of ether oxygens (including phenoxy) is 3. The lowest BCUT2D eigenvalue weighted by atomic mass is 9.88. The lowest BCUT2D eigenvalue weighted by Crippen LogP contribution is -2.45. The molecular weight excluding hydrogens is 420 g/mol. The Kier molecular flexibility index (Phi) is 6.66. The van der Waals surface area contributed by atoms with Crippen molar-refractivity contribution >= 4 is 5.91 Å². The van der Waals surface area contributed by atoms with Gasteiger partial charge in [-0.3, -0.25) is 9.69 Å². The van der Waals surface area contributed by atoms with Crippen molar-refractivity contribution in [3.05, 3.63) is 42.2 Å². The smallest absolute Gasteiger partial charge is 0.249 e. The molecule has 2 atom stereocenters. The molecule has 4 heterocycles. The summed E-state index contributed by atoms with van der Waals surface area (Å²) in [4.78, 5) is 14.7. The number of carbonyl (C=O) groups is 1. The number of benzene rings is 1. The fraction of sp³-hybridized carbons (Fsp3) is 0.600.